The van der Waals surface area contributed by atoms with Crippen molar-refractivity contribution in [1.82, 2.24) is 10.2 Å². The van der Waals surface area contributed by atoms with E-state index in [-0.39, 0.29) is 0 Å². The van der Waals surface area contributed by atoms with Gasteiger partial charge in [-0.1, -0.05) is 36.8 Å². The number of likely N-dealkylation sites (N-methyl/N-ethyl adjacent to an activating group) is 1. The van der Waals surface area contributed by atoms with Crippen LogP contribution in [0.3, 0.4) is 0 Å². The molecule has 0 aliphatic carbocycles. The summed E-state index contributed by atoms with van der Waals surface area (Å²) in [6.07, 6.45) is 1.46. The van der Waals surface area contributed by atoms with Gasteiger partial charge in [-0.15, -0.1) is 0 Å². The maximum Gasteiger partial charge on any atom is 0.0596 e. The summed E-state index contributed by atoms with van der Waals surface area (Å²) < 4.78 is 5.64. The van der Waals surface area contributed by atoms with Gasteiger partial charge in [0.2, 0.25) is 0 Å². The number of ether oxygens (including phenoxy) is 1. The van der Waals surface area contributed by atoms with E-state index in [9.17, 15) is 0 Å². The fraction of sp³-hybridized carbons (Fsp3) is 0.667. The van der Waals surface area contributed by atoms with Gasteiger partial charge < -0.3 is 15.0 Å². The third-order valence-corrected chi connectivity index (χ3v) is 3.50. The fourth-order valence-electron chi connectivity index (χ4n) is 2.34. The number of rotatable bonds is 10. The molecule has 0 heterocycles. The maximum absolute atomic E-state index is 5.64. The highest BCUT2D eigenvalue weighted by Crippen LogP contribution is 2.15. The molecule has 0 aliphatic heterocycles. The number of nitrogens with one attached hydrogen (secondary N) is 1. The van der Waals surface area contributed by atoms with E-state index in [1.54, 1.807) is 0 Å². The topological polar surface area (TPSA) is 24.5 Å². The Labute approximate surface area is 130 Å². The zero-order valence-electron chi connectivity index (χ0n) is 14.4. The SMILES string of the molecule is CCCNC(CN(C)CCOC(C)C)c1cccc(C)c1. The molecule has 21 heavy (non-hydrogen) atoms. The maximum atomic E-state index is 5.64. The molecule has 1 aromatic rings. The summed E-state index contributed by atoms with van der Waals surface area (Å²) in [4.78, 5) is 2.35. The van der Waals surface area contributed by atoms with Crippen LogP contribution in [0.25, 0.3) is 0 Å². The lowest BCUT2D eigenvalue weighted by atomic mass is 10.0. The van der Waals surface area contributed by atoms with Crippen molar-refractivity contribution in [2.24, 2.45) is 0 Å². The van der Waals surface area contributed by atoms with Crippen LogP contribution >= 0.6 is 0 Å². The Balaban J connectivity index is 2.57. The molecule has 0 saturated heterocycles. The van der Waals surface area contributed by atoms with Crippen LogP contribution in [0.4, 0.5) is 0 Å². The predicted octanol–water partition coefficient (Wildman–Crippen LogP) is 3.39. The van der Waals surface area contributed by atoms with Crippen LogP contribution < -0.4 is 5.32 Å². The van der Waals surface area contributed by atoms with Crippen LogP contribution in [0, 0.1) is 6.92 Å². The normalized spacial score (nSPS) is 13.1. The van der Waals surface area contributed by atoms with Gasteiger partial charge in [0.15, 0.2) is 0 Å². The minimum absolute atomic E-state index is 0.309. The Morgan fingerprint density at radius 1 is 1.29 bits per heavy atom. The van der Waals surface area contributed by atoms with Crippen molar-refractivity contribution in [2.45, 2.75) is 46.3 Å². The van der Waals surface area contributed by atoms with Gasteiger partial charge in [0.25, 0.3) is 0 Å². The summed E-state index contributed by atoms with van der Waals surface area (Å²) in [6, 6.07) is 9.19. The molecule has 0 bridgehead atoms. The van der Waals surface area contributed by atoms with Crippen molar-refractivity contribution in [3.63, 3.8) is 0 Å². The fourth-order valence-corrected chi connectivity index (χ4v) is 2.34. The first-order chi connectivity index (χ1) is 10.0. The summed E-state index contributed by atoms with van der Waals surface area (Å²) in [7, 11) is 2.17. The van der Waals surface area contributed by atoms with Gasteiger partial charge >= 0.3 is 0 Å². The third kappa shape index (κ3) is 7.60. The monoisotopic (exact) mass is 292 g/mol. The van der Waals surface area contributed by atoms with E-state index in [0.29, 0.717) is 12.1 Å². The Morgan fingerprint density at radius 2 is 2.05 bits per heavy atom. The second-order valence-corrected chi connectivity index (χ2v) is 6.10. The summed E-state index contributed by atoms with van der Waals surface area (Å²) in [5.41, 5.74) is 2.70. The molecule has 0 fully saturated rings. The van der Waals surface area contributed by atoms with Crippen molar-refractivity contribution in [2.75, 3.05) is 33.3 Å². The molecule has 0 spiro atoms. The predicted molar refractivity (Wildman–Crippen MR) is 90.8 cm³/mol. The van der Waals surface area contributed by atoms with E-state index in [4.69, 9.17) is 4.74 Å². The molecule has 1 atom stereocenters. The van der Waals surface area contributed by atoms with Crippen LogP contribution in [0.15, 0.2) is 24.3 Å². The highest BCUT2D eigenvalue weighted by atomic mass is 16.5. The molecule has 1 aromatic carbocycles. The first-order valence-electron chi connectivity index (χ1n) is 8.13. The lowest BCUT2D eigenvalue weighted by Crippen LogP contribution is -2.35. The second kappa shape index (κ2) is 9.93. The third-order valence-electron chi connectivity index (χ3n) is 3.50. The molecule has 3 heteroatoms. The standard InChI is InChI=1S/C18H32N2O/c1-6-10-19-18(17-9-7-8-16(4)13-17)14-20(5)11-12-21-15(2)3/h7-9,13,15,18-19H,6,10-12,14H2,1-5H3. The van der Waals surface area contributed by atoms with E-state index >= 15 is 0 Å². The first kappa shape index (κ1) is 18.1. The van der Waals surface area contributed by atoms with Crippen LogP contribution in [-0.4, -0.2) is 44.3 Å². The molecule has 1 N–H and O–H groups in total. The molecule has 0 amide bonds. The van der Waals surface area contributed by atoms with Gasteiger partial charge in [-0.05, 0) is 46.3 Å². The van der Waals surface area contributed by atoms with Crippen LogP contribution in [0.2, 0.25) is 0 Å². The second-order valence-electron chi connectivity index (χ2n) is 6.10. The largest absolute Gasteiger partial charge is 0.377 e. The van der Waals surface area contributed by atoms with Crippen molar-refractivity contribution < 1.29 is 4.74 Å². The van der Waals surface area contributed by atoms with Crippen molar-refractivity contribution >= 4 is 0 Å². The summed E-state index contributed by atoms with van der Waals surface area (Å²) in [6.45, 7) is 12.3. The van der Waals surface area contributed by atoms with E-state index in [1.165, 1.54) is 11.1 Å². The van der Waals surface area contributed by atoms with E-state index in [2.05, 4.69) is 69.2 Å². The molecule has 1 unspecified atom stereocenters. The average Bonchev–Trinajstić information content (AvgIpc) is 2.43. The number of nitrogens with zero attached hydrogens (tertiary/aromatic N) is 1. The molecule has 120 valence electrons. The lowest BCUT2D eigenvalue weighted by molar-refractivity contribution is 0.0622. The molecule has 0 aliphatic rings. The highest BCUT2D eigenvalue weighted by Gasteiger charge is 2.13. The Morgan fingerprint density at radius 3 is 2.67 bits per heavy atom. The summed E-state index contributed by atoms with van der Waals surface area (Å²) >= 11 is 0. The van der Waals surface area contributed by atoms with Gasteiger partial charge in [0, 0.05) is 19.1 Å². The van der Waals surface area contributed by atoms with Crippen molar-refractivity contribution in [3.05, 3.63) is 35.4 Å². The Kier molecular flexibility index (Phi) is 8.58. The molecule has 0 saturated carbocycles. The average molecular weight is 292 g/mol. The number of benzene rings is 1. The summed E-state index contributed by atoms with van der Waals surface area (Å²) in [5.74, 6) is 0. The lowest BCUT2D eigenvalue weighted by Gasteiger charge is -2.26. The van der Waals surface area contributed by atoms with E-state index < -0.39 is 0 Å². The molecule has 0 aromatic heterocycles. The Hall–Kier alpha value is -0.900. The zero-order chi connectivity index (χ0) is 15.7. The molecule has 1 rings (SSSR count). The van der Waals surface area contributed by atoms with Crippen LogP contribution in [0.5, 0.6) is 0 Å². The van der Waals surface area contributed by atoms with E-state index in [0.717, 1.165) is 32.7 Å². The minimum Gasteiger partial charge on any atom is -0.377 e. The minimum atomic E-state index is 0.309. The smallest absolute Gasteiger partial charge is 0.0596 e. The number of hydrogen-bond donors (Lipinski definition) is 1. The summed E-state index contributed by atoms with van der Waals surface area (Å²) in [5, 5.41) is 3.66. The molecule has 0 radical (unpaired) electrons. The van der Waals surface area contributed by atoms with Gasteiger partial charge in [-0.25, -0.2) is 0 Å². The molecular formula is C18H32N2O. The molecule has 3 nitrogen and oxygen atoms in total. The van der Waals surface area contributed by atoms with Crippen LogP contribution in [-0.2, 0) is 4.74 Å². The zero-order valence-corrected chi connectivity index (χ0v) is 14.4. The van der Waals surface area contributed by atoms with Gasteiger partial charge in [0.05, 0.1) is 12.7 Å². The van der Waals surface area contributed by atoms with Gasteiger partial charge in [-0.2, -0.15) is 0 Å². The van der Waals surface area contributed by atoms with Crippen molar-refractivity contribution in [1.29, 1.82) is 0 Å². The quantitative estimate of drug-likeness (QED) is 0.715. The van der Waals surface area contributed by atoms with Crippen LogP contribution in [0.1, 0.15) is 44.4 Å². The molecular weight excluding hydrogens is 260 g/mol. The Bertz CT molecular complexity index is 393. The first-order valence-corrected chi connectivity index (χ1v) is 8.13. The van der Waals surface area contributed by atoms with Gasteiger partial charge in [0.1, 0.15) is 0 Å². The van der Waals surface area contributed by atoms with Crippen molar-refractivity contribution in [3.8, 4) is 0 Å². The number of hydrogen-bond acceptors (Lipinski definition) is 3. The number of aryl methyl sites for hydroxylation is 1. The van der Waals surface area contributed by atoms with E-state index in [1.807, 2.05) is 0 Å². The van der Waals surface area contributed by atoms with Gasteiger partial charge in [-0.3, -0.25) is 0 Å². The highest BCUT2D eigenvalue weighted by molar-refractivity contribution is 5.25.